The molecule has 0 fully saturated rings. The van der Waals surface area contributed by atoms with Crippen molar-refractivity contribution in [3.8, 4) is 17.5 Å². The van der Waals surface area contributed by atoms with E-state index in [2.05, 4.69) is 5.10 Å². The number of carbonyl (C=O) groups excluding carboxylic acids is 1. The Morgan fingerprint density at radius 3 is 2.32 bits per heavy atom. The van der Waals surface area contributed by atoms with Gasteiger partial charge in [0.25, 0.3) is 5.91 Å². The first-order chi connectivity index (χ1) is 17.6. The number of nitro groups is 1. The third-order valence-corrected chi connectivity index (χ3v) is 5.80. The van der Waals surface area contributed by atoms with Gasteiger partial charge in [-0.3, -0.25) is 14.9 Å². The molecule has 1 heterocycles. The summed E-state index contributed by atoms with van der Waals surface area (Å²) >= 11 is 11.1. The zero-order valence-electron chi connectivity index (χ0n) is 18.0. The molecule has 0 bridgehead atoms. The lowest BCUT2D eigenvalue weighted by Gasteiger charge is -2.16. The van der Waals surface area contributed by atoms with Crippen molar-refractivity contribution < 1.29 is 40.8 Å². The Morgan fingerprint density at radius 1 is 1.18 bits per heavy atom. The molecule has 3 aromatic rings. The van der Waals surface area contributed by atoms with Gasteiger partial charge in [-0.1, -0.05) is 35.3 Å². The predicted octanol–water partition coefficient (Wildman–Crippen LogP) is 6.61. The Hall–Kier alpha value is -3.68. The van der Waals surface area contributed by atoms with Crippen LogP contribution in [0.2, 0.25) is 10.0 Å². The molecule has 1 aromatic heterocycles. The quantitative estimate of drug-likeness (QED) is 0.140. The van der Waals surface area contributed by atoms with Crippen molar-refractivity contribution in [3.63, 3.8) is 0 Å². The number of para-hydroxylation sites is 2. The number of nitrogens with zero attached hydrogens (tertiary/aromatic N) is 4. The largest absolute Gasteiger partial charge is 0.477 e. The first kappa shape index (κ1) is 28.9. The van der Waals surface area contributed by atoms with E-state index in [0.29, 0.717) is 16.8 Å². The van der Waals surface area contributed by atoms with Crippen molar-refractivity contribution in [1.29, 1.82) is 5.26 Å². The van der Waals surface area contributed by atoms with E-state index in [1.54, 1.807) is 0 Å². The molecule has 18 heteroatoms. The average molecular weight is 600 g/mol. The van der Waals surface area contributed by atoms with Crippen LogP contribution < -0.4 is 10.1 Å². The number of carbonyl (C=O) groups is 1. The summed E-state index contributed by atoms with van der Waals surface area (Å²) < 4.78 is 84.7. The summed E-state index contributed by atoms with van der Waals surface area (Å²) in [5.74, 6) is -2.32. The number of halogens is 8. The van der Waals surface area contributed by atoms with Crippen LogP contribution in [0.4, 0.5) is 37.8 Å². The number of benzene rings is 2. The fourth-order valence-corrected chi connectivity index (χ4v) is 4.23. The topological polar surface area (TPSA) is 123 Å². The smallest absolute Gasteiger partial charge is 0.446 e. The Morgan fingerprint density at radius 2 is 1.79 bits per heavy atom. The Balaban J connectivity index is 2.07. The molecular weight excluding hydrogens is 591 g/mol. The maximum atomic E-state index is 13.3. The fraction of sp³-hybridized carbons (Fsp3) is 0.150. The first-order valence-corrected chi connectivity index (χ1v) is 11.2. The van der Waals surface area contributed by atoms with E-state index in [9.17, 15) is 46.5 Å². The molecule has 3 rings (SSSR count). The van der Waals surface area contributed by atoms with Crippen molar-refractivity contribution in [1.82, 2.24) is 9.78 Å². The summed E-state index contributed by atoms with van der Waals surface area (Å²) in [7, 11) is 0. The number of rotatable bonds is 7. The number of aromatic nitrogens is 2. The van der Waals surface area contributed by atoms with E-state index in [-0.39, 0.29) is 5.75 Å². The fourth-order valence-electron chi connectivity index (χ4n) is 2.93. The summed E-state index contributed by atoms with van der Waals surface area (Å²) in [5.41, 5.74) is -8.21. The highest BCUT2D eigenvalue weighted by molar-refractivity contribution is 8.00. The molecule has 38 heavy (non-hydrogen) atoms. The van der Waals surface area contributed by atoms with E-state index >= 15 is 0 Å². The molecule has 0 aliphatic heterocycles. The van der Waals surface area contributed by atoms with Gasteiger partial charge in [-0.05, 0) is 30.0 Å². The number of alkyl halides is 6. The summed E-state index contributed by atoms with van der Waals surface area (Å²) in [6, 6.07) is 7.18. The van der Waals surface area contributed by atoms with Crippen LogP contribution in [0, 0.1) is 21.4 Å². The number of nitrogens with one attached hydrogen (secondary N) is 1. The third-order valence-electron chi connectivity index (χ3n) is 4.40. The number of amides is 1. The van der Waals surface area contributed by atoms with Crippen LogP contribution in [0.3, 0.4) is 0 Å². The molecule has 0 radical (unpaired) electrons. The van der Waals surface area contributed by atoms with Gasteiger partial charge in [0.05, 0.1) is 25.4 Å². The van der Waals surface area contributed by atoms with Gasteiger partial charge in [0.1, 0.15) is 11.8 Å². The Labute approximate surface area is 222 Å². The molecule has 0 aliphatic rings. The molecule has 0 unspecified atom stereocenters. The summed E-state index contributed by atoms with van der Waals surface area (Å²) in [6.45, 7) is -0.956. The van der Waals surface area contributed by atoms with Gasteiger partial charge >= 0.3 is 17.4 Å². The molecule has 1 N–H and O–H groups in total. The van der Waals surface area contributed by atoms with Crippen LogP contribution in [-0.2, 0) is 11.0 Å². The monoisotopic (exact) mass is 599 g/mol. The number of ether oxygens (including phenoxy) is 1. The van der Waals surface area contributed by atoms with Gasteiger partial charge < -0.3 is 10.1 Å². The molecule has 200 valence electrons. The lowest BCUT2D eigenvalue weighted by atomic mass is 10.2. The van der Waals surface area contributed by atoms with Crippen molar-refractivity contribution in [3.05, 3.63) is 67.8 Å². The van der Waals surface area contributed by atoms with Gasteiger partial charge in [-0.15, -0.1) is 0 Å². The molecule has 2 aromatic carbocycles. The Bertz CT molecular complexity index is 1430. The molecule has 9 nitrogen and oxygen atoms in total. The molecule has 0 saturated carbocycles. The second-order valence-corrected chi connectivity index (χ2v) is 8.84. The number of nitro benzene ring substituents is 1. The van der Waals surface area contributed by atoms with Crippen LogP contribution in [0.15, 0.2) is 41.3 Å². The number of hydrogen-bond acceptors (Lipinski definition) is 7. The lowest BCUT2D eigenvalue weighted by molar-refractivity contribution is -0.385. The van der Waals surface area contributed by atoms with E-state index in [1.807, 2.05) is 5.32 Å². The molecule has 1 amide bonds. The van der Waals surface area contributed by atoms with E-state index < -0.39 is 84.3 Å². The number of thioether (sulfide) groups is 1. The average Bonchev–Trinajstić information content (AvgIpc) is 3.11. The second kappa shape index (κ2) is 11.0. The molecule has 0 spiro atoms. The lowest BCUT2D eigenvalue weighted by Crippen LogP contribution is -2.23. The van der Waals surface area contributed by atoms with Crippen molar-refractivity contribution in [2.45, 2.75) is 16.6 Å². The highest BCUT2D eigenvalue weighted by Crippen LogP contribution is 2.45. The van der Waals surface area contributed by atoms with Crippen LogP contribution in [0.5, 0.6) is 5.75 Å². The highest BCUT2D eigenvalue weighted by atomic mass is 35.5. The maximum Gasteiger partial charge on any atom is 0.446 e. The van der Waals surface area contributed by atoms with E-state index in [1.165, 1.54) is 18.2 Å². The maximum absolute atomic E-state index is 13.3. The van der Waals surface area contributed by atoms with Gasteiger partial charge in [0, 0.05) is 6.07 Å². The van der Waals surface area contributed by atoms with Crippen molar-refractivity contribution >= 4 is 52.4 Å². The summed E-state index contributed by atoms with van der Waals surface area (Å²) in [6.07, 6.45) is -4.88. The SMILES string of the molecule is N#Cc1nn(-c2c(Cl)cc(C(F)(F)F)cc2Cl)c(NC(=O)COc2ccccc2[N+](=O)[O-])c1SC(F)(F)F. The zero-order chi connectivity index (χ0) is 28.4. The van der Waals surface area contributed by atoms with Crippen LogP contribution in [-0.4, -0.2) is 32.7 Å². The normalized spacial score (nSPS) is 11.7. The minimum absolute atomic E-state index is 0.336. The second-order valence-electron chi connectivity index (χ2n) is 6.95. The summed E-state index contributed by atoms with van der Waals surface area (Å²) in [5, 5.41) is 24.7. The molecule has 0 atom stereocenters. The minimum Gasteiger partial charge on any atom is -0.477 e. The standard InChI is InChI=1S/C20H9Cl2F6N5O4S/c21-10-5-9(19(23,24)25)6-11(22)16(10)32-18(17(12(7-29)31-32)38-20(26,27)28)30-15(34)8-37-14-4-2-1-3-13(14)33(35)36/h1-6H,8H2,(H,30,34). The molecular formula is C20H9Cl2F6N5O4S. The first-order valence-electron chi connectivity index (χ1n) is 9.64. The van der Waals surface area contributed by atoms with Crippen LogP contribution in [0.1, 0.15) is 11.3 Å². The van der Waals surface area contributed by atoms with Gasteiger partial charge in [0.15, 0.2) is 23.9 Å². The minimum atomic E-state index is -4.99. The molecule has 0 aliphatic carbocycles. The number of anilines is 1. The Kier molecular flexibility index (Phi) is 8.34. The predicted molar refractivity (Wildman–Crippen MR) is 122 cm³/mol. The van der Waals surface area contributed by atoms with Crippen LogP contribution >= 0.6 is 35.0 Å². The van der Waals surface area contributed by atoms with Crippen molar-refractivity contribution in [2.24, 2.45) is 0 Å². The van der Waals surface area contributed by atoms with Crippen LogP contribution in [0.25, 0.3) is 5.69 Å². The van der Waals surface area contributed by atoms with Crippen molar-refractivity contribution in [2.75, 3.05) is 11.9 Å². The third kappa shape index (κ3) is 6.60. The van der Waals surface area contributed by atoms with Gasteiger partial charge in [-0.2, -0.15) is 36.7 Å². The molecule has 0 saturated heterocycles. The number of nitriles is 1. The van der Waals surface area contributed by atoms with Gasteiger partial charge in [-0.25, -0.2) is 4.68 Å². The zero-order valence-corrected chi connectivity index (χ0v) is 20.4. The van der Waals surface area contributed by atoms with E-state index in [4.69, 9.17) is 27.9 Å². The van der Waals surface area contributed by atoms with Gasteiger partial charge in [0.2, 0.25) is 0 Å². The highest BCUT2D eigenvalue weighted by Gasteiger charge is 2.37. The summed E-state index contributed by atoms with van der Waals surface area (Å²) in [4.78, 5) is 22.0. The van der Waals surface area contributed by atoms with E-state index in [0.717, 1.165) is 12.1 Å². The number of hydrogen-bond donors (Lipinski definition) is 1.